The van der Waals surface area contributed by atoms with Crippen molar-refractivity contribution in [3.63, 3.8) is 0 Å². The van der Waals surface area contributed by atoms with Crippen LogP contribution in [0.15, 0.2) is 47.3 Å². The van der Waals surface area contributed by atoms with Gasteiger partial charge in [-0.3, -0.25) is 4.57 Å². The molecule has 0 bridgehead atoms. The van der Waals surface area contributed by atoms with Crippen molar-refractivity contribution in [1.29, 1.82) is 0 Å². The molecular formula is C14H11ClN2O2. The number of rotatable bonds is 2. The Labute approximate surface area is 114 Å². The number of nitrogens with zero attached hydrogens (tertiary/aromatic N) is 1. The second-order valence-electron chi connectivity index (χ2n) is 4.07. The number of hydrogen-bond donors (Lipinski definition) is 1. The van der Waals surface area contributed by atoms with E-state index in [1.807, 2.05) is 24.3 Å². The monoisotopic (exact) mass is 274 g/mol. The van der Waals surface area contributed by atoms with Crippen LogP contribution >= 0.6 is 11.6 Å². The third kappa shape index (κ3) is 1.81. The van der Waals surface area contributed by atoms with Crippen LogP contribution in [0.5, 0.6) is 5.75 Å². The number of H-pyrrole nitrogens is 1. The first-order valence-corrected chi connectivity index (χ1v) is 6.13. The summed E-state index contributed by atoms with van der Waals surface area (Å²) in [5, 5.41) is 0.522. The van der Waals surface area contributed by atoms with Crippen molar-refractivity contribution in [3.05, 3.63) is 58.0 Å². The van der Waals surface area contributed by atoms with Gasteiger partial charge in [0.15, 0.2) is 0 Å². The van der Waals surface area contributed by atoms with Crippen LogP contribution in [0.4, 0.5) is 0 Å². The molecule has 1 aromatic heterocycles. The van der Waals surface area contributed by atoms with Crippen molar-refractivity contribution in [3.8, 4) is 11.4 Å². The number of methoxy groups -OCH3 is 1. The molecule has 4 nitrogen and oxygen atoms in total. The first kappa shape index (κ1) is 11.9. The summed E-state index contributed by atoms with van der Waals surface area (Å²) in [7, 11) is 1.57. The highest BCUT2D eigenvalue weighted by atomic mass is 35.5. The standard InChI is InChI=1S/C14H11ClN2O2/c1-19-12-8-4-7-11-13(12)16-14(18)17(11)10-6-3-2-5-9(10)15/h2-8H,1H3,(H,16,18). The molecule has 0 unspecified atom stereocenters. The number of halogens is 1. The fourth-order valence-electron chi connectivity index (χ4n) is 2.15. The number of fused-ring (bicyclic) bond motifs is 1. The van der Waals surface area contributed by atoms with Crippen molar-refractivity contribution in [2.24, 2.45) is 0 Å². The highest BCUT2D eigenvalue weighted by Gasteiger charge is 2.13. The second-order valence-corrected chi connectivity index (χ2v) is 4.48. The summed E-state index contributed by atoms with van der Waals surface area (Å²) in [6.07, 6.45) is 0. The van der Waals surface area contributed by atoms with Crippen molar-refractivity contribution < 1.29 is 4.74 Å². The largest absolute Gasteiger partial charge is 0.494 e. The van der Waals surface area contributed by atoms with Gasteiger partial charge in [0.05, 0.1) is 23.3 Å². The Balaban J connectivity index is 2.40. The molecule has 0 saturated carbocycles. The third-order valence-electron chi connectivity index (χ3n) is 2.99. The quantitative estimate of drug-likeness (QED) is 0.781. The average Bonchev–Trinajstić information content (AvgIpc) is 2.75. The van der Waals surface area contributed by atoms with Crippen LogP contribution in [0.25, 0.3) is 16.7 Å². The molecule has 1 N–H and O–H groups in total. The van der Waals surface area contributed by atoms with Crippen molar-refractivity contribution >= 4 is 22.6 Å². The fourth-order valence-corrected chi connectivity index (χ4v) is 2.37. The normalized spacial score (nSPS) is 10.8. The number of aromatic nitrogens is 2. The van der Waals surface area contributed by atoms with Crippen LogP contribution < -0.4 is 10.4 Å². The summed E-state index contributed by atoms with van der Waals surface area (Å²) in [4.78, 5) is 14.9. The lowest BCUT2D eigenvalue weighted by atomic mass is 10.2. The molecule has 1 heterocycles. The molecule has 0 amide bonds. The minimum atomic E-state index is -0.243. The van der Waals surface area contributed by atoms with Gasteiger partial charge in [-0.05, 0) is 24.3 Å². The zero-order valence-corrected chi connectivity index (χ0v) is 10.9. The fraction of sp³-hybridized carbons (Fsp3) is 0.0714. The van der Waals surface area contributed by atoms with Crippen LogP contribution in [0.1, 0.15) is 0 Å². The molecule has 0 radical (unpaired) electrons. The number of imidazole rings is 1. The molecule has 5 heteroatoms. The second kappa shape index (κ2) is 4.48. The Hall–Kier alpha value is -2.20. The van der Waals surface area contributed by atoms with Crippen LogP contribution in [0.3, 0.4) is 0 Å². The van der Waals surface area contributed by atoms with Crippen molar-refractivity contribution in [2.75, 3.05) is 7.11 Å². The van der Waals surface area contributed by atoms with Crippen LogP contribution in [-0.4, -0.2) is 16.7 Å². The lowest BCUT2D eigenvalue weighted by Crippen LogP contribution is -2.14. The van der Waals surface area contributed by atoms with Gasteiger partial charge in [0.1, 0.15) is 11.3 Å². The van der Waals surface area contributed by atoms with Crippen LogP contribution in [-0.2, 0) is 0 Å². The van der Waals surface area contributed by atoms with Gasteiger partial charge in [-0.15, -0.1) is 0 Å². The van der Waals surface area contributed by atoms with Gasteiger partial charge in [0, 0.05) is 0 Å². The van der Waals surface area contributed by atoms with E-state index < -0.39 is 0 Å². The minimum absolute atomic E-state index is 0.243. The van der Waals surface area contributed by atoms with E-state index in [-0.39, 0.29) is 5.69 Å². The number of hydrogen-bond acceptors (Lipinski definition) is 2. The highest BCUT2D eigenvalue weighted by Crippen LogP contribution is 2.26. The highest BCUT2D eigenvalue weighted by molar-refractivity contribution is 6.32. The number of ether oxygens (including phenoxy) is 1. The molecule has 0 aliphatic heterocycles. The molecule has 0 spiro atoms. The van der Waals surface area contributed by atoms with E-state index in [1.165, 1.54) is 0 Å². The van der Waals surface area contributed by atoms with Gasteiger partial charge in [-0.25, -0.2) is 4.79 Å². The molecule has 0 aliphatic rings. The Morgan fingerprint density at radius 1 is 1.16 bits per heavy atom. The lowest BCUT2D eigenvalue weighted by molar-refractivity contribution is 0.419. The molecule has 0 aliphatic carbocycles. The SMILES string of the molecule is COc1cccc2c1[nH]c(=O)n2-c1ccccc1Cl. The summed E-state index contributed by atoms with van der Waals surface area (Å²) in [5.41, 5.74) is 1.80. The van der Waals surface area contributed by atoms with E-state index >= 15 is 0 Å². The van der Waals surface area contributed by atoms with E-state index in [1.54, 1.807) is 29.9 Å². The molecule has 0 saturated heterocycles. The maximum atomic E-state index is 12.2. The van der Waals surface area contributed by atoms with Gasteiger partial charge in [-0.2, -0.15) is 0 Å². The number of benzene rings is 2. The maximum absolute atomic E-state index is 12.2. The molecule has 96 valence electrons. The first-order chi connectivity index (χ1) is 9.22. The minimum Gasteiger partial charge on any atom is -0.494 e. The van der Waals surface area contributed by atoms with Crippen LogP contribution in [0, 0.1) is 0 Å². The Kier molecular flexibility index (Phi) is 2.80. The lowest BCUT2D eigenvalue weighted by Gasteiger charge is -2.06. The summed E-state index contributed by atoms with van der Waals surface area (Å²) in [6, 6.07) is 12.7. The van der Waals surface area contributed by atoms with Gasteiger partial charge < -0.3 is 9.72 Å². The topological polar surface area (TPSA) is 47.0 Å². The molecule has 3 rings (SSSR count). The summed E-state index contributed by atoms with van der Waals surface area (Å²) < 4.78 is 6.79. The zero-order valence-electron chi connectivity index (χ0n) is 10.2. The van der Waals surface area contributed by atoms with Gasteiger partial charge in [-0.1, -0.05) is 29.8 Å². The van der Waals surface area contributed by atoms with Gasteiger partial charge in [0.2, 0.25) is 0 Å². The average molecular weight is 275 g/mol. The predicted octanol–water partition coefficient (Wildman–Crippen LogP) is 2.98. The van der Waals surface area contributed by atoms with Crippen LogP contribution in [0.2, 0.25) is 5.02 Å². The molecular weight excluding hydrogens is 264 g/mol. The van der Waals surface area contributed by atoms with E-state index in [0.717, 1.165) is 5.52 Å². The first-order valence-electron chi connectivity index (χ1n) is 5.75. The zero-order chi connectivity index (χ0) is 13.4. The summed E-state index contributed by atoms with van der Waals surface area (Å²) >= 11 is 6.16. The van der Waals surface area contributed by atoms with Crippen molar-refractivity contribution in [2.45, 2.75) is 0 Å². The van der Waals surface area contributed by atoms with E-state index in [2.05, 4.69) is 4.98 Å². The van der Waals surface area contributed by atoms with Crippen molar-refractivity contribution in [1.82, 2.24) is 9.55 Å². The smallest absolute Gasteiger partial charge is 0.331 e. The molecule has 3 aromatic rings. The number of nitrogens with one attached hydrogen (secondary N) is 1. The third-order valence-corrected chi connectivity index (χ3v) is 3.31. The summed E-state index contributed by atoms with van der Waals surface area (Å²) in [6.45, 7) is 0. The Morgan fingerprint density at radius 3 is 2.68 bits per heavy atom. The maximum Gasteiger partial charge on any atom is 0.331 e. The molecule has 0 fully saturated rings. The molecule has 19 heavy (non-hydrogen) atoms. The Bertz CT molecular complexity index is 805. The van der Waals surface area contributed by atoms with E-state index in [9.17, 15) is 4.79 Å². The Morgan fingerprint density at radius 2 is 1.95 bits per heavy atom. The molecule has 0 atom stereocenters. The van der Waals surface area contributed by atoms with E-state index in [0.29, 0.717) is 22.0 Å². The molecule has 2 aromatic carbocycles. The number of para-hydroxylation sites is 2. The van der Waals surface area contributed by atoms with E-state index in [4.69, 9.17) is 16.3 Å². The summed E-state index contributed by atoms with van der Waals surface area (Å²) in [5.74, 6) is 0.625. The predicted molar refractivity (Wildman–Crippen MR) is 75.5 cm³/mol. The van der Waals surface area contributed by atoms with Gasteiger partial charge >= 0.3 is 5.69 Å². The van der Waals surface area contributed by atoms with Gasteiger partial charge in [0.25, 0.3) is 0 Å². The number of aromatic amines is 1.